The van der Waals surface area contributed by atoms with E-state index in [-0.39, 0.29) is 11.1 Å². The Bertz CT molecular complexity index is 410. The molecule has 1 aromatic heterocycles. The van der Waals surface area contributed by atoms with Crippen LogP contribution < -0.4 is 0 Å². The fourth-order valence-corrected chi connectivity index (χ4v) is 3.06. The Morgan fingerprint density at radius 2 is 1.72 bits per heavy atom. The Morgan fingerprint density at radius 1 is 1.22 bits per heavy atom. The molecule has 0 aliphatic rings. The summed E-state index contributed by atoms with van der Waals surface area (Å²) in [5.74, 6) is -0.851. The number of hydrogen-bond acceptors (Lipinski definition) is 3. The largest absolute Gasteiger partial charge is 0.478 e. The van der Waals surface area contributed by atoms with E-state index in [1.54, 1.807) is 11.4 Å². The van der Waals surface area contributed by atoms with Crippen LogP contribution >= 0.6 is 11.3 Å². The Hall–Kier alpha value is -0.870. The topological polar surface area (TPSA) is 40.5 Å². The van der Waals surface area contributed by atoms with E-state index in [2.05, 4.69) is 46.4 Å². The van der Waals surface area contributed by atoms with E-state index < -0.39 is 5.97 Å². The third-order valence-electron chi connectivity index (χ3n) is 2.83. The van der Waals surface area contributed by atoms with Gasteiger partial charge >= 0.3 is 5.97 Å². The minimum absolute atomic E-state index is 0.0472. The minimum atomic E-state index is -0.851. The highest BCUT2D eigenvalue weighted by atomic mass is 32.1. The van der Waals surface area contributed by atoms with Gasteiger partial charge in [0, 0.05) is 27.9 Å². The molecule has 3 nitrogen and oxygen atoms in total. The van der Waals surface area contributed by atoms with Crippen molar-refractivity contribution in [2.24, 2.45) is 0 Å². The van der Waals surface area contributed by atoms with E-state index in [0.717, 1.165) is 11.4 Å². The van der Waals surface area contributed by atoms with E-state index in [1.807, 2.05) is 0 Å². The molecule has 0 amide bonds. The maximum Gasteiger partial charge on any atom is 0.336 e. The molecule has 0 atom stereocenters. The number of carboxylic acids is 1. The summed E-state index contributed by atoms with van der Waals surface area (Å²) in [4.78, 5) is 14.4. The summed E-state index contributed by atoms with van der Waals surface area (Å²) in [5.41, 5.74) is 0.481. The van der Waals surface area contributed by atoms with Gasteiger partial charge in [-0.3, -0.25) is 4.90 Å². The van der Waals surface area contributed by atoms with E-state index >= 15 is 0 Å². The molecule has 0 spiro atoms. The molecule has 1 rings (SSSR count). The van der Waals surface area contributed by atoms with Gasteiger partial charge < -0.3 is 5.11 Å². The first-order valence-corrected chi connectivity index (χ1v) is 6.98. The average molecular weight is 269 g/mol. The molecule has 0 saturated heterocycles. The third-order valence-corrected chi connectivity index (χ3v) is 3.76. The van der Waals surface area contributed by atoms with Crippen LogP contribution in [0.15, 0.2) is 11.4 Å². The van der Waals surface area contributed by atoms with Gasteiger partial charge in [0.2, 0.25) is 0 Å². The molecule has 0 bridgehead atoms. The molecule has 102 valence electrons. The molecule has 0 unspecified atom stereocenters. The maximum absolute atomic E-state index is 10.9. The first-order valence-electron chi connectivity index (χ1n) is 6.10. The molecule has 0 aromatic carbocycles. The van der Waals surface area contributed by atoms with Crippen molar-refractivity contribution in [3.63, 3.8) is 0 Å². The van der Waals surface area contributed by atoms with E-state index in [0.29, 0.717) is 5.56 Å². The lowest BCUT2D eigenvalue weighted by Gasteiger charge is -2.45. The summed E-state index contributed by atoms with van der Waals surface area (Å²) < 4.78 is 0. The van der Waals surface area contributed by atoms with E-state index in [4.69, 9.17) is 5.11 Å². The number of nitrogens with zero attached hydrogens (tertiary/aromatic N) is 1. The van der Waals surface area contributed by atoms with Gasteiger partial charge in [-0.05, 0) is 47.6 Å². The van der Waals surface area contributed by atoms with Crippen molar-refractivity contribution in [3.05, 3.63) is 21.9 Å². The molecule has 0 radical (unpaired) electrons. The first kappa shape index (κ1) is 15.2. The Kier molecular flexibility index (Phi) is 4.23. The summed E-state index contributed by atoms with van der Waals surface area (Å²) in [6, 6.07) is 1.78. The molecule has 0 aliphatic heterocycles. The third kappa shape index (κ3) is 3.82. The molecule has 1 aromatic rings. The number of carbonyl (C=O) groups is 1. The normalized spacial score (nSPS) is 13.1. The first-order chi connectivity index (χ1) is 8.01. The maximum atomic E-state index is 10.9. The Labute approximate surface area is 113 Å². The molecule has 4 heteroatoms. The van der Waals surface area contributed by atoms with Crippen molar-refractivity contribution in [2.75, 3.05) is 0 Å². The lowest BCUT2D eigenvalue weighted by molar-refractivity contribution is 0.0308. The van der Waals surface area contributed by atoms with Crippen molar-refractivity contribution in [2.45, 2.75) is 59.2 Å². The zero-order chi connectivity index (χ0) is 14.1. The second kappa shape index (κ2) is 5.02. The Balaban J connectivity index is 2.94. The lowest BCUT2D eigenvalue weighted by Crippen LogP contribution is -2.51. The van der Waals surface area contributed by atoms with Crippen LogP contribution in [0.3, 0.4) is 0 Å². The van der Waals surface area contributed by atoms with E-state index in [9.17, 15) is 4.79 Å². The molecule has 0 saturated carbocycles. The van der Waals surface area contributed by atoms with Crippen molar-refractivity contribution in [1.29, 1.82) is 0 Å². The highest BCUT2D eigenvalue weighted by Gasteiger charge is 2.31. The van der Waals surface area contributed by atoms with Gasteiger partial charge in [0.25, 0.3) is 0 Å². The highest BCUT2D eigenvalue weighted by molar-refractivity contribution is 7.10. The van der Waals surface area contributed by atoms with E-state index in [1.165, 1.54) is 11.3 Å². The van der Waals surface area contributed by atoms with Gasteiger partial charge in [-0.25, -0.2) is 4.79 Å². The van der Waals surface area contributed by atoms with Crippen molar-refractivity contribution in [1.82, 2.24) is 4.90 Å². The van der Waals surface area contributed by atoms with Crippen LogP contribution in [-0.4, -0.2) is 27.1 Å². The van der Waals surface area contributed by atoms with Crippen molar-refractivity contribution >= 4 is 17.3 Å². The summed E-state index contributed by atoms with van der Waals surface area (Å²) in [6.45, 7) is 13.9. The van der Waals surface area contributed by atoms with Crippen LogP contribution in [0, 0.1) is 0 Å². The van der Waals surface area contributed by atoms with Crippen LogP contribution in [0.4, 0.5) is 0 Å². The lowest BCUT2D eigenvalue weighted by atomic mass is 9.96. The quantitative estimate of drug-likeness (QED) is 0.906. The molecule has 0 fully saturated rings. The van der Waals surface area contributed by atoms with Crippen LogP contribution in [0.1, 0.15) is 56.8 Å². The SMILES string of the molecule is CC(C)(C)N(Cc1cc(C(=O)O)cs1)C(C)(C)C. The molecule has 1 N–H and O–H groups in total. The smallest absolute Gasteiger partial charge is 0.336 e. The van der Waals surface area contributed by atoms with Crippen LogP contribution in [0.5, 0.6) is 0 Å². The monoisotopic (exact) mass is 269 g/mol. The number of carboxylic acid groups (broad SMARTS) is 1. The van der Waals surface area contributed by atoms with Crippen molar-refractivity contribution in [3.8, 4) is 0 Å². The molecular weight excluding hydrogens is 246 g/mol. The van der Waals surface area contributed by atoms with Gasteiger partial charge in [-0.2, -0.15) is 0 Å². The van der Waals surface area contributed by atoms with Gasteiger partial charge in [0.1, 0.15) is 0 Å². The summed E-state index contributed by atoms with van der Waals surface area (Å²) in [6.07, 6.45) is 0. The van der Waals surface area contributed by atoms with Gasteiger partial charge in [0.05, 0.1) is 5.56 Å². The molecule has 1 heterocycles. The second-order valence-corrected chi connectivity index (χ2v) is 7.53. The number of hydrogen-bond donors (Lipinski definition) is 1. The van der Waals surface area contributed by atoms with Crippen LogP contribution in [0.25, 0.3) is 0 Å². The zero-order valence-corrected chi connectivity index (χ0v) is 12.9. The minimum Gasteiger partial charge on any atom is -0.478 e. The Morgan fingerprint density at radius 3 is 2.06 bits per heavy atom. The summed E-state index contributed by atoms with van der Waals surface area (Å²) in [5, 5.41) is 10.7. The molecular formula is C14H23NO2S. The predicted octanol–water partition coefficient (Wildman–Crippen LogP) is 3.85. The van der Waals surface area contributed by atoms with Gasteiger partial charge in [-0.15, -0.1) is 11.3 Å². The highest BCUT2D eigenvalue weighted by Crippen LogP contribution is 2.29. The number of aromatic carboxylic acids is 1. The average Bonchev–Trinajstić information content (AvgIpc) is 2.58. The van der Waals surface area contributed by atoms with Crippen molar-refractivity contribution < 1.29 is 9.90 Å². The fourth-order valence-electron chi connectivity index (χ4n) is 2.21. The van der Waals surface area contributed by atoms with Crippen LogP contribution in [0.2, 0.25) is 0 Å². The zero-order valence-electron chi connectivity index (χ0n) is 12.1. The summed E-state index contributed by atoms with van der Waals surface area (Å²) in [7, 11) is 0. The fraction of sp³-hybridized carbons (Fsp3) is 0.643. The standard InChI is InChI=1S/C14H23NO2S/c1-13(2,3)15(14(4,5)6)8-11-7-10(9-18-11)12(16)17/h7,9H,8H2,1-6H3,(H,16,17). The molecule has 0 aliphatic carbocycles. The summed E-state index contributed by atoms with van der Waals surface area (Å²) >= 11 is 1.52. The van der Waals surface area contributed by atoms with Gasteiger partial charge in [-0.1, -0.05) is 0 Å². The predicted molar refractivity (Wildman–Crippen MR) is 76.3 cm³/mol. The van der Waals surface area contributed by atoms with Gasteiger partial charge in [0.15, 0.2) is 0 Å². The second-order valence-electron chi connectivity index (χ2n) is 6.53. The number of rotatable bonds is 3. The molecule has 18 heavy (non-hydrogen) atoms. The number of thiophene rings is 1. The van der Waals surface area contributed by atoms with Crippen LogP contribution in [-0.2, 0) is 6.54 Å².